The fourth-order valence-electron chi connectivity index (χ4n) is 7.89. The Morgan fingerprint density at radius 2 is 1.93 bits per heavy atom. The van der Waals surface area contributed by atoms with Crippen LogP contribution in [0.2, 0.25) is 0 Å². The minimum absolute atomic E-state index is 0.0395. The van der Waals surface area contributed by atoms with E-state index in [-0.39, 0.29) is 17.0 Å². The summed E-state index contributed by atoms with van der Waals surface area (Å²) in [5, 5.41) is 0. The van der Waals surface area contributed by atoms with E-state index in [9.17, 15) is 4.79 Å². The number of ether oxygens (including phenoxy) is 2. The van der Waals surface area contributed by atoms with Gasteiger partial charge in [-0.1, -0.05) is 19.9 Å². The van der Waals surface area contributed by atoms with E-state index in [1.165, 1.54) is 43.4 Å². The summed E-state index contributed by atoms with van der Waals surface area (Å²) in [7, 11) is 0. The number of allylic oxidation sites excluding steroid dienone is 4. The van der Waals surface area contributed by atoms with E-state index in [2.05, 4.69) is 32.9 Å². The van der Waals surface area contributed by atoms with E-state index in [0.717, 1.165) is 37.7 Å². The van der Waals surface area contributed by atoms with Gasteiger partial charge in [0.15, 0.2) is 0 Å². The Balaban J connectivity index is 1.46. The van der Waals surface area contributed by atoms with Gasteiger partial charge in [-0.05, 0) is 86.7 Å². The zero-order valence-electron chi connectivity index (χ0n) is 17.2. The molecule has 1 aliphatic heterocycles. The van der Waals surface area contributed by atoms with Crippen LogP contribution in [0.25, 0.3) is 0 Å². The highest BCUT2D eigenvalue weighted by Gasteiger charge is 2.66. The number of hydrogen-bond acceptors (Lipinski definition) is 3. The summed E-state index contributed by atoms with van der Waals surface area (Å²) in [5.74, 6) is 3.44. The molecule has 0 N–H and O–H groups in total. The molecular formula is C24H34O3. The lowest BCUT2D eigenvalue weighted by molar-refractivity contribution is -0.167. The topological polar surface area (TPSA) is 35.5 Å². The lowest BCUT2D eigenvalue weighted by Crippen LogP contribution is -2.54. The molecule has 0 amide bonds. The molecule has 27 heavy (non-hydrogen) atoms. The second kappa shape index (κ2) is 5.87. The highest BCUT2D eigenvalue weighted by atomic mass is 16.6. The monoisotopic (exact) mass is 370 g/mol. The van der Waals surface area contributed by atoms with Crippen LogP contribution in [0.5, 0.6) is 0 Å². The van der Waals surface area contributed by atoms with Crippen molar-refractivity contribution >= 4 is 5.97 Å². The molecule has 5 rings (SSSR count). The van der Waals surface area contributed by atoms with Crippen LogP contribution in [-0.4, -0.2) is 18.2 Å². The van der Waals surface area contributed by atoms with Crippen LogP contribution >= 0.6 is 0 Å². The Labute approximate surface area is 163 Å². The van der Waals surface area contributed by atoms with Crippen molar-refractivity contribution < 1.29 is 14.3 Å². The van der Waals surface area contributed by atoms with Crippen molar-refractivity contribution in [3.8, 4) is 0 Å². The highest BCUT2D eigenvalue weighted by Crippen LogP contribution is 2.69. The highest BCUT2D eigenvalue weighted by molar-refractivity contribution is 5.72. The third kappa shape index (κ3) is 2.29. The van der Waals surface area contributed by atoms with Crippen molar-refractivity contribution in [3.63, 3.8) is 0 Å². The molecule has 148 valence electrons. The molecular weight excluding hydrogens is 336 g/mol. The molecule has 4 aliphatic carbocycles. The Morgan fingerprint density at radius 1 is 1.11 bits per heavy atom. The molecule has 0 aromatic heterocycles. The van der Waals surface area contributed by atoms with Gasteiger partial charge in [0.05, 0.1) is 12.4 Å². The second-order valence-corrected chi connectivity index (χ2v) is 10.2. The van der Waals surface area contributed by atoms with Gasteiger partial charge in [0.2, 0.25) is 0 Å². The first-order chi connectivity index (χ1) is 12.9. The normalized spacial score (nSPS) is 48.3. The maximum atomic E-state index is 12.0. The predicted molar refractivity (Wildman–Crippen MR) is 105 cm³/mol. The summed E-state index contributed by atoms with van der Waals surface area (Å²) in [6.45, 7) is 7.81. The molecule has 0 radical (unpaired) electrons. The van der Waals surface area contributed by atoms with E-state index < -0.39 is 0 Å². The Kier molecular flexibility index (Phi) is 3.88. The molecule has 0 unspecified atom stereocenters. The number of hydrogen-bond donors (Lipinski definition) is 0. The van der Waals surface area contributed by atoms with E-state index >= 15 is 0 Å². The van der Waals surface area contributed by atoms with E-state index in [0.29, 0.717) is 17.8 Å². The van der Waals surface area contributed by atoms with Crippen molar-refractivity contribution in [1.29, 1.82) is 0 Å². The van der Waals surface area contributed by atoms with Crippen LogP contribution in [0, 0.1) is 28.6 Å². The van der Waals surface area contributed by atoms with Gasteiger partial charge in [-0.25, -0.2) is 0 Å². The lowest BCUT2D eigenvalue weighted by atomic mass is 9.47. The quantitative estimate of drug-likeness (QED) is 0.597. The maximum absolute atomic E-state index is 12.0. The number of fused-ring (bicyclic) bond motifs is 6. The SMILES string of the molecule is CCOC1=CC2=CC[C@@H]3[C@H]4CC[C@]5(CCC(=O)O5)[C@@]4(C)CC[C@@H]3[C@]2(C)CC1. The second-order valence-electron chi connectivity index (χ2n) is 10.2. The third-order valence-electron chi connectivity index (χ3n) is 9.39. The van der Waals surface area contributed by atoms with E-state index in [1.807, 2.05) is 0 Å². The van der Waals surface area contributed by atoms with Gasteiger partial charge in [-0.3, -0.25) is 4.79 Å². The minimum Gasteiger partial charge on any atom is -0.498 e. The van der Waals surface area contributed by atoms with Gasteiger partial charge in [0.1, 0.15) is 5.60 Å². The number of carbonyl (C=O) groups is 1. The van der Waals surface area contributed by atoms with Crippen LogP contribution in [-0.2, 0) is 14.3 Å². The van der Waals surface area contributed by atoms with Crippen LogP contribution in [0.3, 0.4) is 0 Å². The first kappa shape index (κ1) is 17.8. The van der Waals surface area contributed by atoms with Gasteiger partial charge < -0.3 is 9.47 Å². The van der Waals surface area contributed by atoms with Crippen molar-refractivity contribution in [2.45, 2.75) is 84.2 Å². The van der Waals surface area contributed by atoms with Gasteiger partial charge >= 0.3 is 5.97 Å². The molecule has 0 aromatic carbocycles. The number of esters is 1. The molecule has 2 saturated carbocycles. The molecule has 0 aromatic rings. The molecule has 1 heterocycles. The molecule has 0 bridgehead atoms. The summed E-state index contributed by atoms with van der Waals surface area (Å²) in [6.07, 6.45) is 14.8. The minimum atomic E-state index is -0.154. The molecule has 5 aliphatic rings. The number of rotatable bonds is 2. The molecule has 6 atom stereocenters. The van der Waals surface area contributed by atoms with E-state index in [1.54, 1.807) is 0 Å². The average Bonchev–Trinajstić information content (AvgIpc) is 3.16. The fraction of sp³-hybridized carbons (Fsp3) is 0.792. The van der Waals surface area contributed by atoms with Gasteiger partial charge in [-0.2, -0.15) is 0 Å². The van der Waals surface area contributed by atoms with Crippen LogP contribution in [0.4, 0.5) is 0 Å². The average molecular weight is 371 g/mol. The summed E-state index contributed by atoms with van der Waals surface area (Å²) < 4.78 is 11.9. The van der Waals surface area contributed by atoms with Gasteiger partial charge in [0.25, 0.3) is 0 Å². The zero-order valence-corrected chi connectivity index (χ0v) is 17.2. The van der Waals surface area contributed by atoms with E-state index in [4.69, 9.17) is 9.47 Å². The molecule has 1 saturated heterocycles. The molecule has 3 fully saturated rings. The van der Waals surface area contributed by atoms with Gasteiger partial charge in [0, 0.05) is 18.3 Å². The Hall–Kier alpha value is -1.25. The van der Waals surface area contributed by atoms with Crippen molar-refractivity contribution in [1.82, 2.24) is 0 Å². The lowest BCUT2D eigenvalue weighted by Gasteiger charge is -2.58. The van der Waals surface area contributed by atoms with Crippen LogP contribution in [0.15, 0.2) is 23.5 Å². The molecule has 3 nitrogen and oxygen atoms in total. The predicted octanol–water partition coefficient (Wildman–Crippen LogP) is 5.56. The summed E-state index contributed by atoms with van der Waals surface area (Å²) in [6, 6.07) is 0. The summed E-state index contributed by atoms with van der Waals surface area (Å²) in [4.78, 5) is 12.0. The van der Waals surface area contributed by atoms with Crippen molar-refractivity contribution in [2.24, 2.45) is 28.6 Å². The Morgan fingerprint density at radius 3 is 2.67 bits per heavy atom. The fourth-order valence-corrected chi connectivity index (χ4v) is 7.89. The molecule has 1 spiro atoms. The standard InChI is InChI=1S/C24H34O3/c1-4-26-17-7-11-22(2)16(15-17)5-6-18-19(22)8-12-23(3)20(18)9-13-24(23)14-10-21(25)27-24/h5,15,18-20H,4,6-14H2,1-3H3/t18-,19-,20+,22+,23-,24-/m0/s1. The zero-order chi connectivity index (χ0) is 18.9. The van der Waals surface area contributed by atoms with Gasteiger partial charge in [-0.15, -0.1) is 0 Å². The smallest absolute Gasteiger partial charge is 0.306 e. The first-order valence-corrected chi connectivity index (χ1v) is 11.2. The van der Waals surface area contributed by atoms with Crippen molar-refractivity contribution in [3.05, 3.63) is 23.5 Å². The third-order valence-corrected chi connectivity index (χ3v) is 9.39. The first-order valence-electron chi connectivity index (χ1n) is 11.2. The number of carbonyl (C=O) groups excluding carboxylic acids is 1. The maximum Gasteiger partial charge on any atom is 0.306 e. The largest absolute Gasteiger partial charge is 0.498 e. The summed E-state index contributed by atoms with van der Waals surface area (Å²) >= 11 is 0. The Bertz CT molecular complexity index is 721. The summed E-state index contributed by atoms with van der Waals surface area (Å²) in [5.41, 5.74) is 1.86. The van der Waals surface area contributed by atoms with Crippen molar-refractivity contribution in [2.75, 3.05) is 6.61 Å². The van der Waals surface area contributed by atoms with Crippen LogP contribution < -0.4 is 0 Å². The molecule has 3 heteroatoms. The van der Waals surface area contributed by atoms with Crippen LogP contribution in [0.1, 0.15) is 78.6 Å².